The Hall–Kier alpha value is -3.89. The predicted molar refractivity (Wildman–Crippen MR) is 145 cm³/mol. The lowest BCUT2D eigenvalue weighted by Gasteiger charge is -2.28. The van der Waals surface area contributed by atoms with Gasteiger partial charge < -0.3 is 19.5 Å². The van der Waals surface area contributed by atoms with Crippen molar-refractivity contribution in [3.8, 4) is 11.4 Å². The molecule has 1 aliphatic rings. The van der Waals surface area contributed by atoms with Gasteiger partial charge in [-0.2, -0.15) is 0 Å². The lowest BCUT2D eigenvalue weighted by atomic mass is 9.98. The molecule has 0 bridgehead atoms. The highest BCUT2D eigenvalue weighted by atomic mass is 32.2. The van der Waals surface area contributed by atoms with E-state index in [2.05, 4.69) is 31.9 Å². The van der Waals surface area contributed by atoms with Crippen molar-refractivity contribution in [2.24, 2.45) is 0 Å². The number of aromatic nitrogens is 2. The van der Waals surface area contributed by atoms with Gasteiger partial charge >= 0.3 is 0 Å². The molecular formula is C26H25N5O3S2. The van der Waals surface area contributed by atoms with E-state index in [0.29, 0.717) is 16.5 Å². The van der Waals surface area contributed by atoms with Crippen molar-refractivity contribution < 1.29 is 13.2 Å². The molecule has 5 rings (SSSR count). The molecule has 10 heteroatoms. The van der Waals surface area contributed by atoms with Gasteiger partial charge in [-0.15, -0.1) is 0 Å². The number of rotatable bonds is 7. The smallest absolute Gasteiger partial charge is 0.229 e. The summed E-state index contributed by atoms with van der Waals surface area (Å²) in [5, 5.41) is 3.94. The molecule has 1 fully saturated rings. The lowest BCUT2D eigenvalue weighted by molar-refractivity contribution is 0.417. The molecule has 3 heterocycles. The van der Waals surface area contributed by atoms with E-state index in [1.165, 1.54) is 7.11 Å². The Labute approximate surface area is 215 Å². The minimum absolute atomic E-state index is 0.223. The Kier molecular flexibility index (Phi) is 6.38. The van der Waals surface area contributed by atoms with E-state index in [4.69, 9.17) is 17.0 Å². The van der Waals surface area contributed by atoms with Crippen LogP contribution in [0.25, 0.3) is 5.69 Å². The number of anilines is 2. The molecule has 0 radical (unpaired) electrons. The number of pyridine rings is 1. The molecule has 184 valence electrons. The molecule has 4 aromatic rings. The van der Waals surface area contributed by atoms with Gasteiger partial charge in [0.25, 0.3) is 0 Å². The second-order valence-electron chi connectivity index (χ2n) is 8.44. The zero-order chi connectivity index (χ0) is 25.3. The monoisotopic (exact) mass is 519 g/mol. The number of thiocarbonyl (C=S) groups is 1. The summed E-state index contributed by atoms with van der Waals surface area (Å²) in [4.78, 5) is 6.58. The summed E-state index contributed by atoms with van der Waals surface area (Å²) in [5.74, 6) is 0.412. The third-order valence-electron chi connectivity index (χ3n) is 5.97. The third-order valence-corrected chi connectivity index (χ3v) is 6.87. The standard InChI is InChI=1S/C26H25N5O3S2/c1-34-23-12-11-20(16-22(23)29-36(2,32)33)31-25(24(28-26(31)35)21-10-6-7-14-27-21)18-13-15-30(17-18)19-8-4-3-5-9-19/h3-17,24-25,29H,1-2H3,(H,28,35)/t24-,25-/m1/s1. The van der Waals surface area contributed by atoms with Crippen molar-refractivity contribution in [2.75, 3.05) is 23.0 Å². The normalized spacial score (nSPS) is 17.6. The Morgan fingerprint density at radius 2 is 1.81 bits per heavy atom. The molecule has 2 N–H and O–H groups in total. The number of sulfonamides is 1. The Morgan fingerprint density at radius 3 is 2.50 bits per heavy atom. The third kappa shape index (κ3) is 4.77. The van der Waals surface area contributed by atoms with Crippen LogP contribution in [0.3, 0.4) is 0 Å². The molecule has 0 aliphatic carbocycles. The molecule has 0 saturated carbocycles. The maximum atomic E-state index is 12.0. The first kappa shape index (κ1) is 23.8. The second kappa shape index (κ2) is 9.63. The van der Waals surface area contributed by atoms with E-state index >= 15 is 0 Å². The second-order valence-corrected chi connectivity index (χ2v) is 10.6. The van der Waals surface area contributed by atoms with Crippen LogP contribution in [0.1, 0.15) is 23.3 Å². The van der Waals surface area contributed by atoms with Crippen LogP contribution in [0.15, 0.2) is 91.4 Å². The maximum absolute atomic E-state index is 12.0. The molecule has 36 heavy (non-hydrogen) atoms. The van der Waals surface area contributed by atoms with Crippen LogP contribution in [0, 0.1) is 0 Å². The quantitative estimate of drug-likeness (QED) is 0.349. The first-order chi connectivity index (χ1) is 17.3. The zero-order valence-corrected chi connectivity index (χ0v) is 21.3. The van der Waals surface area contributed by atoms with Gasteiger partial charge in [-0.05, 0) is 66.3 Å². The average Bonchev–Trinajstić information content (AvgIpc) is 3.49. The van der Waals surface area contributed by atoms with Crippen LogP contribution in [0.5, 0.6) is 5.75 Å². The largest absolute Gasteiger partial charge is 0.495 e. The molecule has 0 unspecified atom stereocenters. The van der Waals surface area contributed by atoms with Crippen LogP contribution < -0.4 is 19.7 Å². The van der Waals surface area contributed by atoms with Gasteiger partial charge in [-0.25, -0.2) is 8.42 Å². The number of nitrogens with one attached hydrogen (secondary N) is 2. The van der Waals surface area contributed by atoms with Crippen molar-refractivity contribution >= 4 is 38.7 Å². The highest BCUT2D eigenvalue weighted by Crippen LogP contribution is 2.43. The first-order valence-corrected chi connectivity index (χ1v) is 13.5. The maximum Gasteiger partial charge on any atom is 0.229 e. The molecule has 0 amide bonds. The summed E-state index contributed by atoms with van der Waals surface area (Å²) in [6.07, 6.45) is 6.96. The van der Waals surface area contributed by atoms with Crippen LogP contribution in [-0.2, 0) is 10.0 Å². The molecule has 0 spiro atoms. The topological polar surface area (TPSA) is 88.5 Å². The SMILES string of the molecule is COc1ccc(N2C(=S)N[C@H](c3ccccn3)[C@H]2c2ccn(-c3ccccc3)c2)cc1NS(C)(=O)=O. The molecule has 2 aromatic carbocycles. The molecular weight excluding hydrogens is 494 g/mol. The van der Waals surface area contributed by atoms with Gasteiger partial charge in [0, 0.05) is 30.0 Å². The predicted octanol–water partition coefficient (Wildman–Crippen LogP) is 4.43. The van der Waals surface area contributed by atoms with E-state index in [0.717, 1.165) is 28.9 Å². The van der Waals surface area contributed by atoms with Crippen molar-refractivity contribution in [2.45, 2.75) is 12.1 Å². The zero-order valence-electron chi connectivity index (χ0n) is 19.7. The Bertz CT molecular complexity index is 1490. The Morgan fingerprint density at radius 1 is 1.03 bits per heavy atom. The van der Waals surface area contributed by atoms with E-state index in [1.807, 2.05) is 65.7 Å². The van der Waals surface area contributed by atoms with Crippen LogP contribution in [0.2, 0.25) is 0 Å². The van der Waals surface area contributed by atoms with Crippen molar-refractivity contribution in [3.05, 3.63) is 103 Å². The van der Waals surface area contributed by atoms with E-state index in [9.17, 15) is 8.42 Å². The first-order valence-electron chi connectivity index (χ1n) is 11.2. The minimum Gasteiger partial charge on any atom is -0.495 e. The van der Waals surface area contributed by atoms with Gasteiger partial charge in [0.05, 0.1) is 36.8 Å². The van der Waals surface area contributed by atoms with E-state index in [-0.39, 0.29) is 12.1 Å². The number of methoxy groups -OCH3 is 1. The van der Waals surface area contributed by atoms with Crippen LogP contribution in [-0.4, -0.2) is 36.4 Å². The number of para-hydroxylation sites is 1. The summed E-state index contributed by atoms with van der Waals surface area (Å²) in [5.41, 5.74) is 3.97. The summed E-state index contributed by atoms with van der Waals surface area (Å²) < 4.78 is 34.0. The molecule has 1 saturated heterocycles. The van der Waals surface area contributed by atoms with Gasteiger partial charge in [0.2, 0.25) is 10.0 Å². The van der Waals surface area contributed by atoms with E-state index < -0.39 is 10.0 Å². The van der Waals surface area contributed by atoms with Crippen LogP contribution in [0.4, 0.5) is 11.4 Å². The highest BCUT2D eigenvalue weighted by Gasteiger charge is 2.41. The fourth-order valence-electron chi connectivity index (χ4n) is 4.45. The summed E-state index contributed by atoms with van der Waals surface area (Å²) in [6.45, 7) is 0. The van der Waals surface area contributed by atoms with Crippen molar-refractivity contribution in [3.63, 3.8) is 0 Å². The Balaban J connectivity index is 1.61. The average molecular weight is 520 g/mol. The number of hydrogen-bond acceptors (Lipinski definition) is 5. The summed E-state index contributed by atoms with van der Waals surface area (Å²) in [7, 11) is -2.02. The van der Waals surface area contributed by atoms with Gasteiger partial charge in [-0.3, -0.25) is 9.71 Å². The van der Waals surface area contributed by atoms with Gasteiger partial charge in [0.1, 0.15) is 5.75 Å². The summed E-state index contributed by atoms with van der Waals surface area (Å²) in [6, 6.07) is 22.8. The molecule has 2 atom stereocenters. The highest BCUT2D eigenvalue weighted by molar-refractivity contribution is 7.92. The number of ether oxygens (including phenoxy) is 1. The van der Waals surface area contributed by atoms with Crippen molar-refractivity contribution in [1.82, 2.24) is 14.9 Å². The van der Waals surface area contributed by atoms with Crippen LogP contribution >= 0.6 is 12.2 Å². The van der Waals surface area contributed by atoms with Crippen molar-refractivity contribution in [1.29, 1.82) is 0 Å². The number of benzene rings is 2. The summed E-state index contributed by atoms with van der Waals surface area (Å²) >= 11 is 5.80. The fraction of sp³-hybridized carbons (Fsp3) is 0.154. The van der Waals surface area contributed by atoms with Gasteiger partial charge in [0.15, 0.2) is 5.11 Å². The van der Waals surface area contributed by atoms with E-state index in [1.54, 1.807) is 18.3 Å². The molecule has 8 nitrogen and oxygen atoms in total. The molecule has 2 aromatic heterocycles. The number of nitrogens with zero attached hydrogens (tertiary/aromatic N) is 3. The fourth-order valence-corrected chi connectivity index (χ4v) is 5.35. The lowest BCUT2D eigenvalue weighted by Crippen LogP contribution is -2.29. The molecule has 1 aliphatic heterocycles. The number of hydrogen-bond donors (Lipinski definition) is 2. The minimum atomic E-state index is -3.52. The van der Waals surface area contributed by atoms with Gasteiger partial charge in [-0.1, -0.05) is 24.3 Å².